The molecular formula is C22H30N6O2. The van der Waals surface area contributed by atoms with Gasteiger partial charge < -0.3 is 24.3 Å². The molecule has 0 spiro atoms. The van der Waals surface area contributed by atoms with Crippen LogP contribution < -0.4 is 14.5 Å². The van der Waals surface area contributed by atoms with Gasteiger partial charge in [0.05, 0.1) is 0 Å². The average molecular weight is 411 g/mol. The highest BCUT2D eigenvalue weighted by Gasteiger charge is 2.23. The van der Waals surface area contributed by atoms with Crippen LogP contribution in [-0.2, 0) is 4.79 Å². The number of benzene rings is 1. The maximum Gasteiger partial charge on any atom is 0.260 e. The molecule has 2 aliphatic heterocycles. The van der Waals surface area contributed by atoms with Crippen molar-refractivity contribution in [2.24, 2.45) is 0 Å². The van der Waals surface area contributed by atoms with Gasteiger partial charge in [0, 0.05) is 52.4 Å². The summed E-state index contributed by atoms with van der Waals surface area (Å²) in [5.74, 6) is 2.56. The number of likely N-dealkylation sites (N-methyl/N-ethyl adjacent to an activating group) is 1. The monoisotopic (exact) mass is 410 g/mol. The molecule has 3 heterocycles. The van der Waals surface area contributed by atoms with Gasteiger partial charge in [-0.25, -0.2) is 0 Å². The lowest BCUT2D eigenvalue weighted by Gasteiger charge is -2.35. The van der Waals surface area contributed by atoms with Crippen molar-refractivity contribution in [3.8, 4) is 5.75 Å². The molecule has 2 aliphatic rings. The lowest BCUT2D eigenvalue weighted by atomic mass is 10.2. The van der Waals surface area contributed by atoms with Gasteiger partial charge >= 0.3 is 0 Å². The van der Waals surface area contributed by atoms with Crippen molar-refractivity contribution < 1.29 is 9.53 Å². The molecule has 2 aromatic rings. The van der Waals surface area contributed by atoms with Crippen LogP contribution in [0, 0.1) is 6.92 Å². The fraction of sp³-hybridized carbons (Fsp3) is 0.500. The van der Waals surface area contributed by atoms with Crippen LogP contribution in [-0.4, -0.2) is 91.9 Å². The first kappa shape index (κ1) is 20.4. The molecule has 30 heavy (non-hydrogen) atoms. The minimum Gasteiger partial charge on any atom is -0.484 e. The number of anilines is 2. The van der Waals surface area contributed by atoms with E-state index in [2.05, 4.69) is 38.0 Å². The molecule has 0 N–H and O–H groups in total. The number of rotatable bonds is 5. The second kappa shape index (κ2) is 9.30. The summed E-state index contributed by atoms with van der Waals surface area (Å²) in [4.78, 5) is 21.1. The third kappa shape index (κ3) is 4.99. The van der Waals surface area contributed by atoms with E-state index in [4.69, 9.17) is 4.74 Å². The van der Waals surface area contributed by atoms with Crippen molar-refractivity contribution in [2.45, 2.75) is 6.92 Å². The maximum absolute atomic E-state index is 12.5. The Bertz CT molecular complexity index is 826. The van der Waals surface area contributed by atoms with E-state index in [1.165, 1.54) is 5.56 Å². The van der Waals surface area contributed by atoms with E-state index in [1.54, 1.807) is 0 Å². The number of amides is 1. The Morgan fingerprint density at radius 3 is 1.90 bits per heavy atom. The van der Waals surface area contributed by atoms with Gasteiger partial charge in [-0.2, -0.15) is 0 Å². The molecule has 0 bridgehead atoms. The van der Waals surface area contributed by atoms with Crippen molar-refractivity contribution >= 4 is 17.5 Å². The van der Waals surface area contributed by atoms with E-state index >= 15 is 0 Å². The average Bonchev–Trinajstić information content (AvgIpc) is 2.79. The Morgan fingerprint density at radius 2 is 1.37 bits per heavy atom. The van der Waals surface area contributed by atoms with Crippen molar-refractivity contribution in [3.63, 3.8) is 0 Å². The van der Waals surface area contributed by atoms with Crippen molar-refractivity contribution in [3.05, 3.63) is 42.0 Å². The zero-order chi connectivity index (χ0) is 20.9. The fourth-order valence-corrected chi connectivity index (χ4v) is 3.75. The summed E-state index contributed by atoms with van der Waals surface area (Å²) in [7, 11) is 2.14. The molecule has 1 amide bonds. The van der Waals surface area contributed by atoms with Crippen LogP contribution in [0.15, 0.2) is 36.4 Å². The van der Waals surface area contributed by atoms with E-state index < -0.39 is 0 Å². The number of carbonyl (C=O) groups excluding carboxylic acids is 1. The molecule has 8 nitrogen and oxygen atoms in total. The van der Waals surface area contributed by atoms with E-state index in [0.29, 0.717) is 13.1 Å². The Kier molecular flexibility index (Phi) is 6.32. The van der Waals surface area contributed by atoms with Gasteiger partial charge in [0.1, 0.15) is 5.75 Å². The molecule has 2 saturated heterocycles. The van der Waals surface area contributed by atoms with E-state index in [1.807, 2.05) is 42.2 Å². The summed E-state index contributed by atoms with van der Waals surface area (Å²) in [6, 6.07) is 11.8. The maximum atomic E-state index is 12.5. The minimum absolute atomic E-state index is 0.0201. The number of aryl methyl sites for hydroxylation is 1. The van der Waals surface area contributed by atoms with Gasteiger partial charge in [0.25, 0.3) is 5.91 Å². The third-order valence-electron chi connectivity index (χ3n) is 5.80. The summed E-state index contributed by atoms with van der Waals surface area (Å²) in [6.07, 6.45) is 0. The summed E-state index contributed by atoms with van der Waals surface area (Å²) in [5, 5.41) is 8.88. The largest absolute Gasteiger partial charge is 0.484 e. The molecule has 8 heteroatoms. The molecule has 4 rings (SSSR count). The van der Waals surface area contributed by atoms with Gasteiger partial charge in [-0.1, -0.05) is 17.7 Å². The highest BCUT2D eigenvalue weighted by Crippen LogP contribution is 2.18. The number of aromatic nitrogens is 2. The number of nitrogens with zero attached hydrogens (tertiary/aromatic N) is 6. The zero-order valence-electron chi connectivity index (χ0n) is 17.8. The first-order valence-corrected chi connectivity index (χ1v) is 10.6. The van der Waals surface area contributed by atoms with Crippen LogP contribution in [0.5, 0.6) is 5.75 Å². The van der Waals surface area contributed by atoms with E-state index in [-0.39, 0.29) is 12.5 Å². The summed E-state index contributed by atoms with van der Waals surface area (Å²) < 4.78 is 5.63. The summed E-state index contributed by atoms with van der Waals surface area (Å²) in [6.45, 7) is 8.99. The molecule has 1 aromatic carbocycles. The number of hydrogen-bond acceptors (Lipinski definition) is 7. The number of carbonyl (C=O) groups is 1. The Morgan fingerprint density at radius 1 is 0.833 bits per heavy atom. The molecule has 0 atom stereocenters. The second-order valence-electron chi connectivity index (χ2n) is 8.01. The van der Waals surface area contributed by atoms with Crippen LogP contribution in [0.25, 0.3) is 0 Å². The van der Waals surface area contributed by atoms with Gasteiger partial charge in [-0.15, -0.1) is 10.2 Å². The molecule has 0 radical (unpaired) electrons. The first-order valence-electron chi connectivity index (χ1n) is 10.6. The van der Waals surface area contributed by atoms with Crippen molar-refractivity contribution in [1.29, 1.82) is 0 Å². The standard InChI is InChI=1S/C22H30N6O2/c1-18-3-5-19(6-4-18)30-17-22(29)28-15-13-27(14-16-28)21-8-7-20(23-24-21)26-11-9-25(2)10-12-26/h3-8H,9-17H2,1-2H3. The predicted molar refractivity (Wildman–Crippen MR) is 117 cm³/mol. The smallest absolute Gasteiger partial charge is 0.260 e. The van der Waals surface area contributed by atoms with Crippen LogP contribution in [0.2, 0.25) is 0 Å². The third-order valence-corrected chi connectivity index (χ3v) is 5.80. The molecule has 2 fully saturated rings. The highest BCUT2D eigenvalue weighted by atomic mass is 16.5. The Labute approximate surface area is 178 Å². The molecular weight excluding hydrogens is 380 g/mol. The van der Waals surface area contributed by atoms with Crippen LogP contribution >= 0.6 is 0 Å². The molecule has 0 aliphatic carbocycles. The van der Waals surface area contributed by atoms with Gasteiger partial charge in [0.2, 0.25) is 0 Å². The van der Waals surface area contributed by atoms with Crippen LogP contribution in [0.3, 0.4) is 0 Å². The Balaban J connectivity index is 1.24. The lowest BCUT2D eigenvalue weighted by molar-refractivity contribution is -0.133. The summed E-state index contributed by atoms with van der Waals surface area (Å²) in [5.41, 5.74) is 1.17. The highest BCUT2D eigenvalue weighted by molar-refractivity contribution is 5.78. The van der Waals surface area contributed by atoms with Crippen LogP contribution in [0.1, 0.15) is 5.56 Å². The first-order chi connectivity index (χ1) is 14.6. The lowest BCUT2D eigenvalue weighted by Crippen LogP contribution is -2.50. The molecule has 160 valence electrons. The van der Waals surface area contributed by atoms with Crippen LogP contribution in [0.4, 0.5) is 11.6 Å². The predicted octanol–water partition coefficient (Wildman–Crippen LogP) is 1.26. The minimum atomic E-state index is 0.0201. The number of ether oxygens (including phenoxy) is 1. The normalized spacial score (nSPS) is 17.9. The zero-order valence-corrected chi connectivity index (χ0v) is 17.8. The fourth-order valence-electron chi connectivity index (χ4n) is 3.75. The molecule has 1 aromatic heterocycles. The molecule has 0 saturated carbocycles. The van der Waals surface area contributed by atoms with E-state index in [9.17, 15) is 4.79 Å². The Hall–Kier alpha value is -2.87. The van der Waals surface area contributed by atoms with Gasteiger partial charge in [-0.3, -0.25) is 4.79 Å². The summed E-state index contributed by atoms with van der Waals surface area (Å²) >= 11 is 0. The van der Waals surface area contributed by atoms with Crippen molar-refractivity contribution in [1.82, 2.24) is 20.0 Å². The molecule has 0 unspecified atom stereocenters. The number of hydrogen-bond donors (Lipinski definition) is 0. The second-order valence-corrected chi connectivity index (χ2v) is 8.01. The van der Waals surface area contributed by atoms with Gasteiger partial charge in [-0.05, 0) is 38.2 Å². The topological polar surface area (TPSA) is 65.0 Å². The van der Waals surface area contributed by atoms with Crippen molar-refractivity contribution in [2.75, 3.05) is 75.8 Å². The van der Waals surface area contributed by atoms with E-state index in [0.717, 1.165) is 56.7 Å². The number of piperazine rings is 2. The quantitative estimate of drug-likeness (QED) is 0.735. The van der Waals surface area contributed by atoms with Gasteiger partial charge in [0.15, 0.2) is 18.2 Å². The SMILES string of the molecule is Cc1ccc(OCC(=O)N2CCN(c3ccc(N4CCN(C)CC4)nn3)CC2)cc1.